The first-order chi connectivity index (χ1) is 30.0. The number of allylic oxidation sites excluding steroid dienone is 3. The van der Waals surface area contributed by atoms with Gasteiger partial charge in [-0.3, -0.25) is 14.4 Å². The zero-order valence-electron chi connectivity index (χ0n) is 37.3. The lowest BCUT2D eigenvalue weighted by Gasteiger charge is -2.50. The number of aromatic nitrogens is 1. The molecule has 64 heavy (non-hydrogen) atoms. The number of nitrogens with one attached hydrogen (secondary N) is 2. The van der Waals surface area contributed by atoms with Crippen LogP contribution in [-0.4, -0.2) is 130 Å². The molecule has 2 aliphatic carbocycles. The van der Waals surface area contributed by atoms with Crippen LogP contribution in [0.2, 0.25) is 10.0 Å². The van der Waals surface area contributed by atoms with E-state index in [-0.39, 0.29) is 45.4 Å². The number of carbonyl (C=O) groups excluding carboxylic acids is 4. The molecule has 2 saturated heterocycles. The zero-order valence-corrected chi connectivity index (χ0v) is 38.8. The van der Waals surface area contributed by atoms with Crippen LogP contribution in [0, 0.1) is 36.5 Å². The Bertz CT molecular complexity index is 2090. The number of esters is 1. The van der Waals surface area contributed by atoms with E-state index in [4.69, 9.17) is 62.1 Å². The minimum atomic E-state index is -1.91. The first-order valence-corrected chi connectivity index (χ1v) is 22.2. The van der Waals surface area contributed by atoms with Gasteiger partial charge < -0.3 is 64.5 Å². The Labute approximate surface area is 381 Å². The number of methoxy groups -OCH3 is 1. The van der Waals surface area contributed by atoms with Crippen molar-refractivity contribution in [3.63, 3.8) is 0 Å². The van der Waals surface area contributed by atoms with E-state index >= 15 is 0 Å². The van der Waals surface area contributed by atoms with Crippen LogP contribution in [0.25, 0.3) is 0 Å². The molecule has 1 aromatic heterocycles. The molecule has 18 nitrogen and oxygen atoms in total. The second-order valence-electron chi connectivity index (χ2n) is 17.9. The number of amides is 2. The summed E-state index contributed by atoms with van der Waals surface area (Å²) in [7, 11) is 1.33. The van der Waals surface area contributed by atoms with E-state index in [0.717, 1.165) is 5.57 Å². The van der Waals surface area contributed by atoms with E-state index < -0.39 is 120 Å². The third-order valence-electron chi connectivity index (χ3n) is 13.1. The summed E-state index contributed by atoms with van der Waals surface area (Å²) >= 11 is 12.5. The standard InChI is InChI=1S/C44H60Cl2N4O14/c1-16(2)35-34(53)32(50-42(63-35)39-37(58-10)38(61-23(9)51)36(20(6)60-39)64-43(47)56)33(52)28-18(4)11-13-24-25(14-12-17(3)27(24)28)62-26-15-44(57,40(54)21(7)59-26)22(8)49-41(55)31-30(46)29(45)19(5)48-31/h11,13,16,18,20-22,24-28,35-40,48,52,54,57H,3,12,14-15H2,1-2,4-10H3,(H2,47,56)(H,49,55)/b33-32-. The van der Waals surface area contributed by atoms with E-state index in [0.29, 0.717) is 18.5 Å². The molecule has 1 saturated carbocycles. The SMILES string of the molecule is C=C1CCC(OC2CC(O)(C(C)NC(=O)c3[nH]c(C)c(Cl)c3Cl)C(O)C(C)O2)C2C=CC(C)C(/C(O)=C3/N=C(C4OC(C)C(OC(N)=O)C(OC(C)=O)C4OC)OC(C(C)C)C3=O)C12. The van der Waals surface area contributed by atoms with Gasteiger partial charge in [0.1, 0.15) is 29.3 Å². The van der Waals surface area contributed by atoms with Gasteiger partial charge >= 0.3 is 12.1 Å². The Morgan fingerprint density at radius 2 is 1.75 bits per heavy atom. The number of hydrogen-bond donors (Lipinski definition) is 6. The molecule has 0 bridgehead atoms. The van der Waals surface area contributed by atoms with Crippen molar-refractivity contribution in [1.29, 1.82) is 0 Å². The van der Waals surface area contributed by atoms with Crippen LogP contribution in [0.5, 0.6) is 0 Å². The number of halogens is 2. The molecule has 20 heteroatoms. The van der Waals surface area contributed by atoms with Crippen LogP contribution in [0.15, 0.2) is 40.8 Å². The summed E-state index contributed by atoms with van der Waals surface area (Å²) in [4.78, 5) is 59.2. The minimum Gasteiger partial charge on any atom is -0.510 e. The zero-order chi connectivity index (χ0) is 47.3. The number of H-pyrrole nitrogens is 1. The quantitative estimate of drug-likeness (QED) is 0.0758. The number of ether oxygens (including phenoxy) is 7. The Morgan fingerprint density at radius 3 is 2.34 bits per heavy atom. The number of nitrogens with zero attached hydrogens (tertiary/aromatic N) is 1. The molecule has 5 aliphatic rings. The van der Waals surface area contributed by atoms with Crippen molar-refractivity contribution in [2.24, 2.45) is 40.3 Å². The summed E-state index contributed by atoms with van der Waals surface area (Å²) in [6, 6.07) is -1.01. The number of rotatable bonds is 11. The number of fused-ring (bicyclic) bond motifs is 1. The van der Waals surface area contributed by atoms with Gasteiger partial charge in [-0.2, -0.15) is 0 Å². The fourth-order valence-corrected chi connectivity index (χ4v) is 10.2. The molecule has 354 valence electrons. The van der Waals surface area contributed by atoms with Gasteiger partial charge in [-0.15, -0.1) is 0 Å². The highest BCUT2D eigenvalue weighted by atomic mass is 35.5. The topological polar surface area (TPSA) is 260 Å². The molecule has 4 heterocycles. The van der Waals surface area contributed by atoms with Crippen molar-refractivity contribution < 1.29 is 67.7 Å². The molecule has 1 aromatic rings. The molecule has 0 spiro atoms. The Hall–Kier alpha value is -4.01. The van der Waals surface area contributed by atoms with Crippen molar-refractivity contribution in [2.45, 2.75) is 148 Å². The highest BCUT2D eigenvalue weighted by Crippen LogP contribution is 2.50. The fraction of sp³-hybridized carbons (Fsp3) is 0.659. The van der Waals surface area contributed by atoms with E-state index in [1.54, 1.807) is 41.5 Å². The van der Waals surface area contributed by atoms with Gasteiger partial charge in [-0.25, -0.2) is 9.79 Å². The van der Waals surface area contributed by atoms with Gasteiger partial charge in [0, 0.05) is 38.0 Å². The number of hydrogen-bond acceptors (Lipinski definition) is 15. The average Bonchev–Trinajstić information content (AvgIpc) is 3.48. The first-order valence-electron chi connectivity index (χ1n) is 21.5. The molecule has 2 amide bonds. The van der Waals surface area contributed by atoms with Gasteiger partial charge in [-0.1, -0.05) is 68.3 Å². The van der Waals surface area contributed by atoms with Crippen molar-refractivity contribution in [3.05, 3.63) is 57.2 Å². The number of aromatic amines is 1. The molecule has 0 aromatic carbocycles. The maximum absolute atomic E-state index is 14.3. The third kappa shape index (κ3) is 9.47. The van der Waals surface area contributed by atoms with Gasteiger partial charge in [-0.05, 0) is 58.3 Å². The second-order valence-corrected chi connectivity index (χ2v) is 18.6. The summed E-state index contributed by atoms with van der Waals surface area (Å²) in [6.45, 7) is 17.5. The van der Waals surface area contributed by atoms with E-state index in [1.165, 1.54) is 14.0 Å². The largest absolute Gasteiger partial charge is 0.510 e. The minimum absolute atomic E-state index is 0.0139. The number of nitrogens with two attached hydrogens (primary N) is 1. The number of aliphatic hydroxyl groups excluding tert-OH is 2. The number of primary amides is 1. The van der Waals surface area contributed by atoms with Crippen LogP contribution in [-0.2, 0) is 42.7 Å². The monoisotopic (exact) mass is 938 g/mol. The highest BCUT2D eigenvalue weighted by Gasteiger charge is 2.55. The highest BCUT2D eigenvalue weighted by molar-refractivity contribution is 6.44. The maximum Gasteiger partial charge on any atom is 0.405 e. The Balaban J connectivity index is 1.29. The summed E-state index contributed by atoms with van der Waals surface area (Å²) in [5.41, 5.74) is 4.52. The number of Topliss-reactive ketones (excluding diaryl/α,β-unsaturated/α-hetero) is 1. The third-order valence-corrected chi connectivity index (χ3v) is 14.1. The Kier molecular flexibility index (Phi) is 15.0. The average molecular weight is 940 g/mol. The van der Waals surface area contributed by atoms with Crippen molar-refractivity contribution in [3.8, 4) is 0 Å². The number of carbonyl (C=O) groups is 4. The lowest BCUT2D eigenvalue weighted by molar-refractivity contribution is -0.296. The lowest BCUT2D eigenvalue weighted by atomic mass is 9.61. The number of aryl methyl sites for hydroxylation is 1. The molecule has 6 rings (SSSR count). The fourth-order valence-electron chi connectivity index (χ4n) is 9.75. The number of aliphatic imine (C=N–C) groups is 1. The number of aliphatic hydroxyl groups is 3. The predicted octanol–water partition coefficient (Wildman–Crippen LogP) is 4.75. The summed E-state index contributed by atoms with van der Waals surface area (Å²) < 4.78 is 41.9. The molecule has 7 N–H and O–H groups in total. The predicted molar refractivity (Wildman–Crippen MR) is 231 cm³/mol. The van der Waals surface area contributed by atoms with Gasteiger partial charge in [0.05, 0.1) is 34.4 Å². The van der Waals surface area contributed by atoms with Crippen LogP contribution >= 0.6 is 23.2 Å². The maximum atomic E-state index is 14.3. The van der Waals surface area contributed by atoms with Gasteiger partial charge in [0.15, 0.2) is 36.4 Å². The van der Waals surface area contributed by atoms with Crippen molar-refractivity contribution >= 4 is 52.9 Å². The number of ketones is 1. The first kappa shape index (κ1) is 49.4. The van der Waals surface area contributed by atoms with Crippen LogP contribution in [0.4, 0.5) is 4.79 Å². The van der Waals surface area contributed by atoms with Gasteiger partial charge in [0.2, 0.25) is 11.7 Å². The summed E-state index contributed by atoms with van der Waals surface area (Å²) in [5, 5.41) is 38.7. The lowest BCUT2D eigenvalue weighted by Crippen LogP contribution is -2.66. The molecule has 16 unspecified atom stereocenters. The smallest absolute Gasteiger partial charge is 0.405 e. The molecule has 3 aliphatic heterocycles. The molecular formula is C44H60Cl2N4O14. The van der Waals surface area contributed by atoms with Crippen LogP contribution < -0.4 is 11.1 Å². The molecular weight excluding hydrogens is 879 g/mol. The molecule has 16 atom stereocenters. The Morgan fingerprint density at radius 1 is 1.06 bits per heavy atom. The van der Waals surface area contributed by atoms with Gasteiger partial charge in [0.25, 0.3) is 5.91 Å². The molecule has 0 radical (unpaired) electrons. The second kappa shape index (κ2) is 19.5. The summed E-state index contributed by atoms with van der Waals surface area (Å²) in [6.07, 6.45) is -7.09. The van der Waals surface area contributed by atoms with Crippen LogP contribution in [0.3, 0.4) is 0 Å². The van der Waals surface area contributed by atoms with E-state index in [1.807, 2.05) is 19.1 Å². The van der Waals surface area contributed by atoms with Crippen molar-refractivity contribution in [2.75, 3.05) is 7.11 Å². The molecule has 3 fully saturated rings. The van der Waals surface area contributed by atoms with Crippen molar-refractivity contribution in [1.82, 2.24) is 10.3 Å². The van der Waals surface area contributed by atoms with E-state index in [2.05, 4.69) is 21.9 Å². The van der Waals surface area contributed by atoms with Crippen LogP contribution in [0.1, 0.15) is 83.9 Å². The normalized spacial score (nSPS) is 37.8. The van der Waals surface area contributed by atoms with E-state index in [9.17, 15) is 34.5 Å². The summed E-state index contributed by atoms with van der Waals surface area (Å²) in [5.74, 6) is -4.60.